The van der Waals surface area contributed by atoms with Crippen LogP contribution in [0.3, 0.4) is 0 Å². The Labute approximate surface area is 128 Å². The highest BCUT2D eigenvalue weighted by Gasteiger charge is 2.04. The van der Waals surface area contributed by atoms with E-state index in [2.05, 4.69) is 25.8 Å². The molecule has 0 radical (unpaired) electrons. The van der Waals surface area contributed by atoms with Gasteiger partial charge in [-0.05, 0) is 31.0 Å². The third-order valence-electron chi connectivity index (χ3n) is 2.84. The lowest BCUT2D eigenvalue weighted by atomic mass is 10.2. The van der Waals surface area contributed by atoms with Crippen molar-refractivity contribution >= 4 is 29.1 Å². The van der Waals surface area contributed by atoms with E-state index >= 15 is 0 Å². The van der Waals surface area contributed by atoms with E-state index < -0.39 is 0 Å². The maximum absolute atomic E-state index is 5.99. The molecule has 0 aliphatic carbocycles. The summed E-state index contributed by atoms with van der Waals surface area (Å²) < 4.78 is 4.99. The van der Waals surface area contributed by atoms with Crippen molar-refractivity contribution in [3.05, 3.63) is 35.0 Å². The number of aromatic nitrogens is 3. The molecule has 0 atom stereocenters. The summed E-state index contributed by atoms with van der Waals surface area (Å²) >= 11 is 5.99. The Hall–Kier alpha value is -1.92. The number of nitrogens with one attached hydrogen (secondary N) is 2. The molecule has 2 rings (SSSR count). The Kier molecular flexibility index (Phi) is 5.71. The normalized spacial score (nSPS) is 10.4. The second-order valence-corrected chi connectivity index (χ2v) is 4.96. The standard InChI is InChI=1S/C14H18ClN5O/c1-10-4-5-11(15)8-12(10)18-14-19-13(9-17-20-14)16-6-3-7-21-2/h4-5,8-9H,3,6-7H2,1-2H3,(H2,16,18,19,20). The van der Waals surface area contributed by atoms with Gasteiger partial charge in [0.2, 0.25) is 5.95 Å². The van der Waals surface area contributed by atoms with Crippen molar-refractivity contribution in [3.63, 3.8) is 0 Å². The fourth-order valence-corrected chi connectivity index (χ4v) is 1.90. The van der Waals surface area contributed by atoms with Gasteiger partial charge in [0.15, 0.2) is 5.82 Å². The Morgan fingerprint density at radius 1 is 1.33 bits per heavy atom. The first-order valence-electron chi connectivity index (χ1n) is 6.65. The number of hydrogen-bond donors (Lipinski definition) is 2. The molecule has 1 aromatic carbocycles. The molecule has 0 unspecified atom stereocenters. The van der Waals surface area contributed by atoms with Gasteiger partial charge in [-0.15, -0.1) is 5.10 Å². The molecule has 2 aromatic rings. The van der Waals surface area contributed by atoms with Crippen molar-refractivity contribution in [2.75, 3.05) is 30.9 Å². The van der Waals surface area contributed by atoms with Crippen molar-refractivity contribution in [1.82, 2.24) is 15.2 Å². The van der Waals surface area contributed by atoms with E-state index in [1.165, 1.54) is 0 Å². The number of rotatable bonds is 7. The maximum Gasteiger partial charge on any atom is 0.249 e. The van der Waals surface area contributed by atoms with Crippen LogP contribution in [0.2, 0.25) is 5.02 Å². The smallest absolute Gasteiger partial charge is 0.249 e. The summed E-state index contributed by atoms with van der Waals surface area (Å²) in [7, 11) is 1.68. The highest BCUT2D eigenvalue weighted by atomic mass is 35.5. The molecule has 0 aliphatic rings. The molecule has 0 spiro atoms. The number of methoxy groups -OCH3 is 1. The highest BCUT2D eigenvalue weighted by Crippen LogP contribution is 2.22. The first kappa shape index (κ1) is 15.5. The zero-order valence-electron chi connectivity index (χ0n) is 12.1. The average molecular weight is 308 g/mol. The van der Waals surface area contributed by atoms with Crippen molar-refractivity contribution in [2.24, 2.45) is 0 Å². The van der Waals surface area contributed by atoms with E-state index in [9.17, 15) is 0 Å². The number of anilines is 3. The molecule has 1 aromatic heterocycles. The van der Waals surface area contributed by atoms with Gasteiger partial charge in [0.25, 0.3) is 0 Å². The van der Waals surface area contributed by atoms with E-state index in [0.29, 0.717) is 23.4 Å². The Bertz CT molecular complexity index is 593. The van der Waals surface area contributed by atoms with Gasteiger partial charge in [0, 0.05) is 31.0 Å². The van der Waals surface area contributed by atoms with Crippen LogP contribution in [0.1, 0.15) is 12.0 Å². The lowest BCUT2D eigenvalue weighted by molar-refractivity contribution is 0.197. The van der Waals surface area contributed by atoms with E-state index in [1.54, 1.807) is 13.3 Å². The lowest BCUT2D eigenvalue weighted by Crippen LogP contribution is -2.08. The third-order valence-corrected chi connectivity index (χ3v) is 3.07. The van der Waals surface area contributed by atoms with Crippen LogP contribution in [0, 0.1) is 6.92 Å². The van der Waals surface area contributed by atoms with Crippen molar-refractivity contribution < 1.29 is 4.74 Å². The molecule has 21 heavy (non-hydrogen) atoms. The van der Waals surface area contributed by atoms with Crippen LogP contribution in [0.5, 0.6) is 0 Å². The topological polar surface area (TPSA) is 72.0 Å². The summed E-state index contributed by atoms with van der Waals surface area (Å²) in [6, 6.07) is 5.61. The summed E-state index contributed by atoms with van der Waals surface area (Å²) in [4.78, 5) is 4.36. The van der Waals surface area contributed by atoms with Crippen LogP contribution < -0.4 is 10.6 Å². The van der Waals surface area contributed by atoms with Gasteiger partial charge in [0.05, 0.1) is 6.20 Å². The van der Waals surface area contributed by atoms with Crippen LogP contribution >= 0.6 is 11.6 Å². The Morgan fingerprint density at radius 3 is 3.00 bits per heavy atom. The first-order chi connectivity index (χ1) is 10.2. The minimum Gasteiger partial charge on any atom is -0.385 e. The SMILES string of the molecule is COCCCNc1cnnc(Nc2cc(Cl)ccc2C)n1. The van der Waals surface area contributed by atoms with Crippen LogP contribution in [-0.4, -0.2) is 35.4 Å². The number of aryl methyl sites for hydroxylation is 1. The minimum atomic E-state index is 0.428. The van der Waals surface area contributed by atoms with Crippen molar-refractivity contribution in [1.29, 1.82) is 0 Å². The van der Waals surface area contributed by atoms with Gasteiger partial charge in [-0.25, -0.2) is 0 Å². The molecule has 0 saturated heterocycles. The monoisotopic (exact) mass is 307 g/mol. The van der Waals surface area contributed by atoms with Gasteiger partial charge in [-0.1, -0.05) is 17.7 Å². The summed E-state index contributed by atoms with van der Waals surface area (Å²) in [5.41, 5.74) is 1.92. The van der Waals surface area contributed by atoms with E-state index in [4.69, 9.17) is 16.3 Å². The minimum absolute atomic E-state index is 0.428. The van der Waals surface area contributed by atoms with E-state index in [1.807, 2.05) is 25.1 Å². The number of hydrogen-bond acceptors (Lipinski definition) is 6. The quantitative estimate of drug-likeness (QED) is 0.766. The summed E-state index contributed by atoms with van der Waals surface area (Å²) in [5, 5.41) is 14.9. The second kappa shape index (κ2) is 7.75. The van der Waals surface area contributed by atoms with Crippen LogP contribution in [-0.2, 0) is 4.74 Å². The zero-order valence-corrected chi connectivity index (χ0v) is 12.8. The molecule has 1 heterocycles. The van der Waals surface area contributed by atoms with Crippen LogP contribution in [0.4, 0.5) is 17.5 Å². The molecule has 6 nitrogen and oxygen atoms in total. The van der Waals surface area contributed by atoms with E-state index in [0.717, 1.165) is 24.2 Å². The molecule has 2 N–H and O–H groups in total. The summed E-state index contributed by atoms with van der Waals surface area (Å²) in [6.07, 6.45) is 2.49. The average Bonchev–Trinajstić information content (AvgIpc) is 2.48. The Balaban J connectivity index is 2.02. The molecule has 7 heteroatoms. The van der Waals surface area contributed by atoms with Crippen molar-refractivity contribution in [3.8, 4) is 0 Å². The maximum atomic E-state index is 5.99. The molecular formula is C14H18ClN5O. The predicted molar refractivity (Wildman–Crippen MR) is 84.3 cm³/mol. The highest BCUT2D eigenvalue weighted by molar-refractivity contribution is 6.30. The largest absolute Gasteiger partial charge is 0.385 e. The van der Waals surface area contributed by atoms with Crippen LogP contribution in [0.25, 0.3) is 0 Å². The molecule has 0 fully saturated rings. The third kappa shape index (κ3) is 4.84. The number of benzene rings is 1. The van der Waals surface area contributed by atoms with Gasteiger partial charge >= 0.3 is 0 Å². The fourth-order valence-electron chi connectivity index (χ4n) is 1.72. The zero-order chi connectivity index (χ0) is 15.1. The number of ether oxygens (including phenoxy) is 1. The van der Waals surface area contributed by atoms with E-state index in [-0.39, 0.29) is 0 Å². The molecule has 0 saturated carbocycles. The molecular weight excluding hydrogens is 290 g/mol. The number of nitrogens with zero attached hydrogens (tertiary/aromatic N) is 3. The molecule has 0 bridgehead atoms. The first-order valence-corrected chi connectivity index (χ1v) is 7.02. The lowest BCUT2D eigenvalue weighted by Gasteiger charge is -2.09. The van der Waals surface area contributed by atoms with Gasteiger partial charge in [-0.3, -0.25) is 0 Å². The molecule has 0 aliphatic heterocycles. The van der Waals surface area contributed by atoms with Crippen LogP contribution in [0.15, 0.2) is 24.4 Å². The Morgan fingerprint density at radius 2 is 2.19 bits per heavy atom. The predicted octanol–water partition coefficient (Wildman–Crippen LogP) is 3.03. The van der Waals surface area contributed by atoms with Gasteiger partial charge < -0.3 is 15.4 Å². The molecule has 0 amide bonds. The van der Waals surface area contributed by atoms with Gasteiger partial charge in [-0.2, -0.15) is 10.1 Å². The molecule has 112 valence electrons. The summed E-state index contributed by atoms with van der Waals surface area (Å²) in [5.74, 6) is 1.10. The fraction of sp³-hybridized carbons (Fsp3) is 0.357. The summed E-state index contributed by atoms with van der Waals surface area (Å²) in [6.45, 7) is 3.46. The second-order valence-electron chi connectivity index (χ2n) is 4.52. The van der Waals surface area contributed by atoms with Crippen molar-refractivity contribution in [2.45, 2.75) is 13.3 Å². The number of halogens is 1. The van der Waals surface area contributed by atoms with Gasteiger partial charge in [0.1, 0.15) is 0 Å².